The van der Waals surface area contributed by atoms with Gasteiger partial charge in [0.2, 0.25) is 0 Å². The van der Waals surface area contributed by atoms with E-state index in [4.69, 9.17) is 4.74 Å². The lowest BCUT2D eigenvalue weighted by Crippen LogP contribution is -2.58. The number of carbonyl (C=O) groups is 1. The van der Waals surface area contributed by atoms with Crippen LogP contribution in [0.25, 0.3) is 0 Å². The molecule has 1 aromatic rings. The van der Waals surface area contributed by atoms with E-state index in [0.29, 0.717) is 26.2 Å². The molecule has 1 aromatic carbocycles. The average Bonchev–Trinajstić information content (AvgIpc) is 2.54. The van der Waals surface area contributed by atoms with Gasteiger partial charge in [0.1, 0.15) is 5.75 Å². The van der Waals surface area contributed by atoms with Gasteiger partial charge in [-0.3, -0.25) is 0 Å². The van der Waals surface area contributed by atoms with E-state index in [-0.39, 0.29) is 6.03 Å². The minimum absolute atomic E-state index is 0.138. The minimum atomic E-state index is -0.845. The zero-order chi connectivity index (χ0) is 19.4. The first-order chi connectivity index (χ1) is 12.1. The summed E-state index contributed by atoms with van der Waals surface area (Å²) in [6.07, 6.45) is 1.53. The van der Waals surface area contributed by atoms with Gasteiger partial charge in [-0.25, -0.2) is 4.79 Å². The second kappa shape index (κ2) is 8.27. The van der Waals surface area contributed by atoms with Crippen molar-refractivity contribution >= 4 is 6.03 Å². The maximum atomic E-state index is 12.8. The molecule has 2 N–H and O–H groups in total. The van der Waals surface area contributed by atoms with E-state index < -0.39 is 11.1 Å². The van der Waals surface area contributed by atoms with Gasteiger partial charge in [-0.05, 0) is 65.4 Å². The number of rotatable bonds is 6. The zero-order valence-corrected chi connectivity index (χ0v) is 16.7. The first-order valence-electron chi connectivity index (χ1n) is 9.33. The van der Waals surface area contributed by atoms with Crippen LogP contribution in [0.5, 0.6) is 5.75 Å². The fraction of sp³-hybridized carbons (Fsp3) is 0.650. The fourth-order valence-corrected chi connectivity index (χ4v) is 3.56. The number of amides is 2. The topological polar surface area (TPSA) is 65.0 Å². The first-order valence-corrected chi connectivity index (χ1v) is 9.33. The second-order valence-electron chi connectivity index (χ2n) is 8.00. The van der Waals surface area contributed by atoms with E-state index in [1.165, 1.54) is 0 Å². The van der Waals surface area contributed by atoms with Crippen molar-refractivity contribution in [2.24, 2.45) is 0 Å². The van der Waals surface area contributed by atoms with Crippen LogP contribution in [0.4, 0.5) is 4.79 Å². The van der Waals surface area contributed by atoms with Crippen LogP contribution in [0.1, 0.15) is 39.2 Å². The summed E-state index contributed by atoms with van der Waals surface area (Å²) in [7, 11) is 3.87. The predicted octanol–water partition coefficient (Wildman–Crippen LogP) is 2.42. The largest absolute Gasteiger partial charge is 0.494 e. The number of likely N-dealkylation sites (tertiary alicyclic amines) is 1. The smallest absolute Gasteiger partial charge is 0.318 e. The molecule has 6 heteroatoms. The molecule has 1 fully saturated rings. The molecular weight excluding hydrogens is 330 g/mol. The van der Waals surface area contributed by atoms with Crippen molar-refractivity contribution in [2.75, 3.05) is 40.3 Å². The third-order valence-corrected chi connectivity index (χ3v) is 4.76. The molecule has 0 bridgehead atoms. The number of carbonyl (C=O) groups excluding carboxylic acids is 1. The van der Waals surface area contributed by atoms with Gasteiger partial charge in [0, 0.05) is 13.1 Å². The Morgan fingerprint density at radius 3 is 2.58 bits per heavy atom. The third kappa shape index (κ3) is 5.35. The molecule has 1 atom stereocenters. The van der Waals surface area contributed by atoms with Crippen LogP contribution in [0.15, 0.2) is 24.3 Å². The first kappa shape index (κ1) is 20.5. The van der Waals surface area contributed by atoms with Gasteiger partial charge in [-0.15, -0.1) is 0 Å². The molecule has 1 aliphatic rings. The molecule has 26 heavy (non-hydrogen) atoms. The van der Waals surface area contributed by atoms with Gasteiger partial charge in [-0.1, -0.05) is 12.1 Å². The Balaban J connectivity index is 2.02. The van der Waals surface area contributed by atoms with Crippen LogP contribution >= 0.6 is 0 Å². The number of likely N-dealkylation sites (N-methyl/N-ethyl adjacent to an activating group) is 1. The van der Waals surface area contributed by atoms with Gasteiger partial charge < -0.3 is 25.0 Å². The number of β-amino-alcohol motifs (C(OH)–C–C–N with tert-alkyl or cyclic N) is 1. The molecule has 6 nitrogen and oxygen atoms in total. The molecule has 0 saturated carbocycles. The van der Waals surface area contributed by atoms with Crippen LogP contribution in [-0.4, -0.2) is 66.9 Å². The van der Waals surface area contributed by atoms with E-state index >= 15 is 0 Å². The normalized spacial score (nSPS) is 21.0. The number of nitrogens with one attached hydrogen (secondary N) is 1. The summed E-state index contributed by atoms with van der Waals surface area (Å²) in [6, 6.07) is 7.65. The highest BCUT2D eigenvalue weighted by atomic mass is 16.5. The maximum absolute atomic E-state index is 12.8. The molecule has 2 amide bonds. The fourth-order valence-electron chi connectivity index (χ4n) is 3.56. The van der Waals surface area contributed by atoms with Crippen LogP contribution < -0.4 is 10.1 Å². The van der Waals surface area contributed by atoms with E-state index in [1.807, 2.05) is 64.0 Å². The number of urea groups is 1. The summed E-state index contributed by atoms with van der Waals surface area (Å²) in [5, 5.41) is 13.9. The molecule has 0 spiro atoms. The SMILES string of the molecule is CCOc1ccc(C(C)(C)NC(=O)N2CCC[C@](O)(CN(C)C)C2)cc1. The van der Waals surface area contributed by atoms with Crippen molar-refractivity contribution in [3.8, 4) is 5.75 Å². The molecule has 1 saturated heterocycles. The number of aliphatic hydroxyl groups is 1. The highest BCUT2D eigenvalue weighted by molar-refractivity contribution is 5.75. The quantitative estimate of drug-likeness (QED) is 0.815. The van der Waals surface area contributed by atoms with Crippen molar-refractivity contribution < 1.29 is 14.6 Å². The van der Waals surface area contributed by atoms with E-state index in [0.717, 1.165) is 24.2 Å². The maximum Gasteiger partial charge on any atom is 0.318 e. The standard InChI is InChI=1S/C20H33N3O3/c1-6-26-17-10-8-16(9-11-17)19(2,3)21-18(24)23-13-7-12-20(25,15-23)14-22(4)5/h8-11,25H,6-7,12-15H2,1-5H3,(H,21,24)/t20-/m0/s1. The molecule has 146 valence electrons. The Morgan fingerprint density at radius 1 is 1.35 bits per heavy atom. The monoisotopic (exact) mass is 363 g/mol. The Morgan fingerprint density at radius 2 is 2.00 bits per heavy atom. The second-order valence-corrected chi connectivity index (χ2v) is 8.00. The Labute approximate surface area is 157 Å². The van der Waals surface area contributed by atoms with Crippen molar-refractivity contribution in [3.63, 3.8) is 0 Å². The molecule has 0 radical (unpaired) electrons. The summed E-state index contributed by atoms with van der Waals surface area (Å²) >= 11 is 0. The number of nitrogens with zero attached hydrogens (tertiary/aromatic N) is 2. The highest BCUT2D eigenvalue weighted by Crippen LogP contribution is 2.25. The summed E-state index contributed by atoms with van der Waals surface area (Å²) in [4.78, 5) is 16.5. The van der Waals surface area contributed by atoms with Crippen LogP contribution in [0.2, 0.25) is 0 Å². The molecule has 1 heterocycles. The van der Waals surface area contributed by atoms with Crippen molar-refractivity contribution in [3.05, 3.63) is 29.8 Å². The van der Waals surface area contributed by atoms with Crippen molar-refractivity contribution in [1.82, 2.24) is 15.1 Å². The Kier molecular flexibility index (Phi) is 6.53. The minimum Gasteiger partial charge on any atom is -0.494 e. The Bertz CT molecular complexity index is 601. The van der Waals surface area contributed by atoms with E-state index in [1.54, 1.807) is 4.90 Å². The lowest BCUT2D eigenvalue weighted by molar-refractivity contribution is -0.0352. The van der Waals surface area contributed by atoms with Gasteiger partial charge >= 0.3 is 6.03 Å². The number of hydrogen-bond acceptors (Lipinski definition) is 4. The van der Waals surface area contributed by atoms with E-state index in [9.17, 15) is 9.90 Å². The van der Waals surface area contributed by atoms with Crippen LogP contribution in [-0.2, 0) is 5.54 Å². The summed E-state index contributed by atoms with van der Waals surface area (Å²) < 4.78 is 5.48. The van der Waals surface area contributed by atoms with Crippen LogP contribution in [0, 0.1) is 0 Å². The summed E-state index contributed by atoms with van der Waals surface area (Å²) in [5.41, 5.74) is -0.351. The summed E-state index contributed by atoms with van der Waals surface area (Å²) in [5.74, 6) is 0.822. The average molecular weight is 364 g/mol. The molecule has 2 rings (SSSR count). The molecule has 1 aliphatic heterocycles. The molecule has 0 aromatic heterocycles. The third-order valence-electron chi connectivity index (χ3n) is 4.76. The van der Waals surface area contributed by atoms with Gasteiger partial charge in [0.15, 0.2) is 0 Å². The molecular formula is C20H33N3O3. The van der Waals surface area contributed by atoms with Crippen LogP contribution in [0.3, 0.4) is 0 Å². The van der Waals surface area contributed by atoms with Crippen molar-refractivity contribution in [1.29, 1.82) is 0 Å². The Hall–Kier alpha value is -1.79. The van der Waals surface area contributed by atoms with Gasteiger partial charge in [0.25, 0.3) is 0 Å². The van der Waals surface area contributed by atoms with Gasteiger partial charge in [-0.2, -0.15) is 0 Å². The van der Waals surface area contributed by atoms with Gasteiger partial charge in [0.05, 0.1) is 24.3 Å². The lowest BCUT2D eigenvalue weighted by Gasteiger charge is -2.41. The molecule has 0 unspecified atom stereocenters. The predicted molar refractivity (Wildman–Crippen MR) is 103 cm³/mol. The number of hydrogen-bond donors (Lipinski definition) is 2. The number of piperidine rings is 1. The highest BCUT2D eigenvalue weighted by Gasteiger charge is 2.37. The number of benzene rings is 1. The summed E-state index contributed by atoms with van der Waals surface area (Å²) in [6.45, 7) is 8.13. The lowest BCUT2D eigenvalue weighted by atomic mass is 9.92. The molecule has 0 aliphatic carbocycles. The van der Waals surface area contributed by atoms with E-state index in [2.05, 4.69) is 5.32 Å². The van der Waals surface area contributed by atoms with Crippen molar-refractivity contribution in [2.45, 2.75) is 44.8 Å². The number of ether oxygens (including phenoxy) is 1. The zero-order valence-electron chi connectivity index (χ0n) is 16.7.